The summed E-state index contributed by atoms with van der Waals surface area (Å²) >= 11 is 3.49. The van der Waals surface area contributed by atoms with Crippen LogP contribution in [0.1, 0.15) is 38.7 Å². The highest BCUT2D eigenvalue weighted by atomic mass is 79.9. The predicted octanol–water partition coefficient (Wildman–Crippen LogP) is 3.98. The second kappa shape index (κ2) is 7.21. The van der Waals surface area contributed by atoms with Crippen LogP contribution in [0.4, 0.5) is 4.39 Å². The van der Waals surface area contributed by atoms with Gasteiger partial charge in [-0.25, -0.2) is 4.39 Å². The molecule has 1 saturated heterocycles. The summed E-state index contributed by atoms with van der Waals surface area (Å²) in [5, 5.41) is 3.47. The number of nitrogens with one attached hydrogen (secondary N) is 1. The van der Waals surface area contributed by atoms with Gasteiger partial charge in [0.05, 0.1) is 0 Å². The molecule has 0 spiro atoms. The van der Waals surface area contributed by atoms with Gasteiger partial charge in [-0.05, 0) is 70.9 Å². The normalized spacial score (nSPS) is 18.7. The van der Waals surface area contributed by atoms with E-state index in [2.05, 4.69) is 40.0 Å². The van der Waals surface area contributed by atoms with Crippen LogP contribution in [0.3, 0.4) is 0 Å². The first-order valence-corrected chi connectivity index (χ1v) is 8.60. The highest BCUT2D eigenvalue weighted by Gasteiger charge is 2.35. The molecule has 0 radical (unpaired) electrons. The molecule has 1 N–H and O–H groups in total. The van der Waals surface area contributed by atoms with Crippen LogP contribution in [0.5, 0.6) is 0 Å². The van der Waals surface area contributed by atoms with Crippen molar-refractivity contribution >= 4 is 15.9 Å². The number of nitrogens with zero attached hydrogens (tertiary/aromatic N) is 1. The van der Waals surface area contributed by atoms with Crippen molar-refractivity contribution in [3.05, 3.63) is 34.1 Å². The van der Waals surface area contributed by atoms with Crippen molar-refractivity contribution in [1.29, 1.82) is 0 Å². The van der Waals surface area contributed by atoms with E-state index >= 15 is 0 Å². The van der Waals surface area contributed by atoms with E-state index in [1.807, 2.05) is 13.1 Å². The molecule has 0 saturated carbocycles. The Balaban J connectivity index is 2.14. The molecular weight excluding hydrogens is 331 g/mol. The van der Waals surface area contributed by atoms with Crippen LogP contribution >= 0.6 is 15.9 Å². The highest BCUT2D eigenvalue weighted by Crippen LogP contribution is 2.28. The molecule has 1 unspecified atom stereocenters. The number of likely N-dealkylation sites (N-methyl/N-ethyl adjacent to an activating group) is 1. The van der Waals surface area contributed by atoms with Gasteiger partial charge in [0.25, 0.3) is 0 Å². The summed E-state index contributed by atoms with van der Waals surface area (Å²) in [6.07, 6.45) is 4.82. The average molecular weight is 357 g/mol. The Bertz CT molecular complexity index is 470. The molecule has 1 aliphatic heterocycles. The Morgan fingerprint density at radius 2 is 1.95 bits per heavy atom. The Morgan fingerprint density at radius 1 is 1.29 bits per heavy atom. The van der Waals surface area contributed by atoms with Crippen LogP contribution in [0, 0.1) is 5.82 Å². The molecule has 1 aromatic carbocycles. The second-order valence-electron chi connectivity index (χ2n) is 6.48. The van der Waals surface area contributed by atoms with Crippen LogP contribution in [0.15, 0.2) is 22.7 Å². The Hall–Kier alpha value is -0.450. The summed E-state index contributed by atoms with van der Waals surface area (Å²) in [5.74, 6) is -0.193. The van der Waals surface area contributed by atoms with Crippen molar-refractivity contribution in [1.82, 2.24) is 10.2 Å². The first-order chi connectivity index (χ1) is 9.95. The molecule has 1 atom stereocenters. The van der Waals surface area contributed by atoms with E-state index in [9.17, 15) is 4.39 Å². The van der Waals surface area contributed by atoms with Crippen LogP contribution in [0.25, 0.3) is 0 Å². The zero-order valence-electron chi connectivity index (χ0n) is 13.3. The van der Waals surface area contributed by atoms with Gasteiger partial charge in [-0.3, -0.25) is 4.90 Å². The quantitative estimate of drug-likeness (QED) is 0.858. The number of rotatable bonds is 5. The zero-order valence-corrected chi connectivity index (χ0v) is 14.8. The molecule has 0 aliphatic carbocycles. The first-order valence-electron chi connectivity index (χ1n) is 7.81. The summed E-state index contributed by atoms with van der Waals surface area (Å²) < 4.78 is 14.1. The SMILES string of the molecule is CNC(Cc1ccc(F)cc1Br)C(C)(C)N1CCCCC1. The van der Waals surface area contributed by atoms with E-state index in [1.54, 1.807) is 12.1 Å². The standard InChI is InChI=1S/C17H26BrFN2/c1-17(2,21-9-5-4-6-10-21)16(20-3)11-13-7-8-14(19)12-15(13)18/h7-8,12,16,20H,4-6,9-11H2,1-3H3. The Labute approximate surface area is 136 Å². The largest absolute Gasteiger partial charge is 0.315 e. The molecule has 0 amide bonds. The van der Waals surface area contributed by atoms with Crippen molar-refractivity contribution in [2.24, 2.45) is 0 Å². The minimum absolute atomic E-state index is 0.0863. The third-order valence-corrected chi connectivity index (χ3v) is 5.55. The van der Waals surface area contributed by atoms with Crippen molar-refractivity contribution < 1.29 is 4.39 Å². The van der Waals surface area contributed by atoms with Crippen molar-refractivity contribution in [2.75, 3.05) is 20.1 Å². The maximum atomic E-state index is 13.2. The average Bonchev–Trinajstić information content (AvgIpc) is 2.47. The molecule has 1 fully saturated rings. The smallest absolute Gasteiger partial charge is 0.124 e. The van der Waals surface area contributed by atoms with Crippen LogP contribution in [0.2, 0.25) is 0 Å². The molecular formula is C17H26BrFN2. The molecule has 2 rings (SSSR count). The van der Waals surface area contributed by atoms with E-state index in [0.717, 1.165) is 16.5 Å². The van der Waals surface area contributed by atoms with Gasteiger partial charge in [0.2, 0.25) is 0 Å². The third kappa shape index (κ3) is 4.05. The number of likely N-dealkylation sites (tertiary alicyclic amines) is 1. The van der Waals surface area contributed by atoms with Gasteiger partial charge in [-0.15, -0.1) is 0 Å². The van der Waals surface area contributed by atoms with E-state index in [1.165, 1.54) is 32.4 Å². The summed E-state index contributed by atoms with van der Waals surface area (Å²) in [7, 11) is 2.02. The van der Waals surface area contributed by atoms with Gasteiger partial charge in [0.1, 0.15) is 5.82 Å². The van der Waals surface area contributed by atoms with Gasteiger partial charge in [0, 0.05) is 16.1 Å². The molecule has 1 aromatic rings. The number of hydrogen-bond acceptors (Lipinski definition) is 2. The van der Waals surface area contributed by atoms with Gasteiger partial charge >= 0.3 is 0 Å². The van der Waals surface area contributed by atoms with Gasteiger partial charge < -0.3 is 5.32 Å². The monoisotopic (exact) mass is 356 g/mol. The fourth-order valence-corrected chi connectivity index (χ4v) is 3.82. The zero-order chi connectivity index (χ0) is 15.5. The minimum atomic E-state index is -0.193. The number of halogens is 2. The van der Waals surface area contributed by atoms with E-state index in [-0.39, 0.29) is 11.4 Å². The molecule has 118 valence electrons. The van der Waals surface area contributed by atoms with E-state index in [4.69, 9.17) is 0 Å². The van der Waals surface area contributed by atoms with Crippen molar-refractivity contribution in [3.8, 4) is 0 Å². The van der Waals surface area contributed by atoms with Gasteiger partial charge in [0.15, 0.2) is 0 Å². The third-order valence-electron chi connectivity index (χ3n) is 4.81. The fourth-order valence-electron chi connectivity index (χ4n) is 3.30. The fraction of sp³-hybridized carbons (Fsp3) is 0.647. The van der Waals surface area contributed by atoms with Crippen molar-refractivity contribution in [2.45, 2.75) is 51.1 Å². The molecule has 4 heteroatoms. The van der Waals surface area contributed by atoms with Crippen molar-refractivity contribution in [3.63, 3.8) is 0 Å². The molecule has 2 nitrogen and oxygen atoms in total. The molecule has 1 aliphatic rings. The maximum Gasteiger partial charge on any atom is 0.124 e. The first kappa shape index (κ1) is 16.9. The highest BCUT2D eigenvalue weighted by molar-refractivity contribution is 9.10. The van der Waals surface area contributed by atoms with Crippen LogP contribution < -0.4 is 5.32 Å². The molecule has 0 bridgehead atoms. The summed E-state index contributed by atoms with van der Waals surface area (Å²) in [6, 6.07) is 5.31. The Morgan fingerprint density at radius 3 is 2.52 bits per heavy atom. The number of benzene rings is 1. The molecule has 0 aromatic heterocycles. The molecule has 1 heterocycles. The van der Waals surface area contributed by atoms with Gasteiger partial charge in [-0.1, -0.05) is 28.4 Å². The van der Waals surface area contributed by atoms with Crippen LogP contribution in [-0.4, -0.2) is 36.6 Å². The number of hydrogen-bond donors (Lipinski definition) is 1. The lowest BCUT2D eigenvalue weighted by Crippen LogP contribution is -2.59. The lowest BCUT2D eigenvalue weighted by atomic mass is 9.86. The lowest BCUT2D eigenvalue weighted by Gasteiger charge is -2.46. The summed E-state index contributed by atoms with van der Waals surface area (Å²) in [4.78, 5) is 2.59. The second-order valence-corrected chi connectivity index (χ2v) is 7.34. The Kier molecular flexibility index (Phi) is 5.81. The van der Waals surface area contributed by atoms with E-state index in [0.29, 0.717) is 6.04 Å². The molecule has 21 heavy (non-hydrogen) atoms. The maximum absolute atomic E-state index is 13.2. The summed E-state index contributed by atoms with van der Waals surface area (Å²) in [5.41, 5.74) is 1.24. The lowest BCUT2D eigenvalue weighted by molar-refractivity contribution is 0.0635. The minimum Gasteiger partial charge on any atom is -0.315 e. The summed E-state index contributed by atoms with van der Waals surface area (Å²) in [6.45, 7) is 6.99. The van der Waals surface area contributed by atoms with Gasteiger partial charge in [-0.2, -0.15) is 0 Å². The topological polar surface area (TPSA) is 15.3 Å². The van der Waals surface area contributed by atoms with Crippen LogP contribution in [-0.2, 0) is 6.42 Å². The number of piperidine rings is 1. The predicted molar refractivity (Wildman–Crippen MR) is 90.2 cm³/mol. The van der Waals surface area contributed by atoms with E-state index < -0.39 is 0 Å².